The number of carbonyl (C=O) groups excluding carboxylic acids is 1. The van der Waals surface area contributed by atoms with Crippen molar-refractivity contribution in [2.24, 2.45) is 11.8 Å². The van der Waals surface area contributed by atoms with Crippen LogP contribution in [-0.4, -0.2) is 48.9 Å². The third-order valence-electron chi connectivity index (χ3n) is 5.85. The predicted octanol–water partition coefficient (Wildman–Crippen LogP) is 3.11. The molecule has 1 aliphatic heterocycles. The Morgan fingerprint density at radius 1 is 1.32 bits per heavy atom. The molecule has 1 aromatic rings. The molecular weight excluding hydrogens is 320 g/mol. The van der Waals surface area contributed by atoms with Gasteiger partial charge in [0.1, 0.15) is 0 Å². The molecule has 1 aromatic carbocycles. The lowest BCUT2D eigenvalue weighted by Crippen LogP contribution is -2.44. The van der Waals surface area contributed by atoms with Gasteiger partial charge in [-0.1, -0.05) is 13.3 Å². The zero-order valence-corrected chi connectivity index (χ0v) is 15.2. The van der Waals surface area contributed by atoms with Crippen molar-refractivity contribution in [3.05, 3.63) is 18.2 Å². The summed E-state index contributed by atoms with van der Waals surface area (Å²) < 4.78 is 10.5. The predicted molar refractivity (Wildman–Crippen MR) is 96.2 cm³/mol. The highest BCUT2D eigenvalue weighted by molar-refractivity contribution is 5.90. The summed E-state index contributed by atoms with van der Waals surface area (Å²) in [6, 6.07) is 5.20. The summed E-state index contributed by atoms with van der Waals surface area (Å²) in [5.74, 6) is 1.79. The van der Waals surface area contributed by atoms with Gasteiger partial charge in [-0.25, -0.2) is 4.79 Å². The number of hydrogen-bond donors (Lipinski definition) is 2. The third kappa shape index (κ3) is 3.40. The van der Waals surface area contributed by atoms with Gasteiger partial charge in [0.25, 0.3) is 0 Å². The molecule has 0 unspecified atom stereocenters. The number of likely N-dealkylation sites (tertiary alicyclic amines) is 1. The first-order chi connectivity index (χ1) is 12.0. The number of nitrogens with zero attached hydrogens (tertiary/aromatic N) is 1. The number of ether oxygens (including phenoxy) is 2. The van der Waals surface area contributed by atoms with Gasteiger partial charge in [-0.15, -0.1) is 0 Å². The maximum atomic E-state index is 12.7. The minimum Gasteiger partial charge on any atom is -0.493 e. The van der Waals surface area contributed by atoms with Crippen LogP contribution in [0, 0.1) is 11.8 Å². The monoisotopic (exact) mass is 348 g/mol. The second-order valence-corrected chi connectivity index (χ2v) is 7.12. The topological polar surface area (TPSA) is 71.0 Å². The van der Waals surface area contributed by atoms with Crippen LogP contribution in [0.25, 0.3) is 0 Å². The normalized spacial score (nSPS) is 28.4. The fourth-order valence-electron chi connectivity index (χ4n) is 4.35. The van der Waals surface area contributed by atoms with Crippen LogP contribution in [-0.2, 0) is 0 Å². The Hall–Kier alpha value is -1.95. The number of urea groups is 1. The Balaban J connectivity index is 1.68. The average Bonchev–Trinajstić information content (AvgIpc) is 3.07. The standard InChI is InChI=1S/C19H28N2O4/c1-4-19(23)9-5-6-13-11-21(12-15(13)19)18(22)20-14-7-8-16(24-2)17(10-14)25-3/h7-8,10,13,15,23H,4-6,9,11-12H2,1-3H3,(H,20,22)/t13-,15+,19-/m1/s1. The number of amides is 2. The number of anilines is 1. The molecule has 138 valence electrons. The number of methoxy groups -OCH3 is 2. The van der Waals surface area contributed by atoms with Gasteiger partial charge in [0.05, 0.1) is 19.8 Å². The Morgan fingerprint density at radius 3 is 2.76 bits per heavy atom. The molecule has 2 amide bonds. The van der Waals surface area contributed by atoms with E-state index in [4.69, 9.17) is 9.47 Å². The van der Waals surface area contributed by atoms with Crippen molar-refractivity contribution in [1.29, 1.82) is 0 Å². The lowest BCUT2D eigenvalue weighted by atomic mass is 9.69. The van der Waals surface area contributed by atoms with Gasteiger partial charge in [-0.3, -0.25) is 0 Å². The Kier molecular flexibility index (Phi) is 5.08. The summed E-state index contributed by atoms with van der Waals surface area (Å²) in [4.78, 5) is 14.5. The summed E-state index contributed by atoms with van der Waals surface area (Å²) in [7, 11) is 3.15. The molecule has 2 fully saturated rings. The van der Waals surface area contributed by atoms with Crippen LogP contribution >= 0.6 is 0 Å². The smallest absolute Gasteiger partial charge is 0.321 e. The van der Waals surface area contributed by atoms with E-state index in [9.17, 15) is 9.90 Å². The van der Waals surface area contributed by atoms with Crippen molar-refractivity contribution in [3.8, 4) is 11.5 Å². The first-order valence-electron chi connectivity index (χ1n) is 9.01. The second-order valence-electron chi connectivity index (χ2n) is 7.12. The molecular formula is C19H28N2O4. The lowest BCUT2D eigenvalue weighted by molar-refractivity contribution is -0.0607. The number of hydrogen-bond acceptors (Lipinski definition) is 4. The summed E-state index contributed by atoms with van der Waals surface area (Å²) in [5.41, 5.74) is 0.0460. The molecule has 6 heteroatoms. The molecule has 1 saturated carbocycles. The van der Waals surface area contributed by atoms with Crippen molar-refractivity contribution in [2.45, 2.75) is 38.2 Å². The third-order valence-corrected chi connectivity index (χ3v) is 5.85. The van der Waals surface area contributed by atoms with Gasteiger partial charge in [-0.2, -0.15) is 0 Å². The van der Waals surface area contributed by atoms with Crippen molar-refractivity contribution in [1.82, 2.24) is 4.90 Å². The molecule has 1 heterocycles. The first-order valence-corrected chi connectivity index (χ1v) is 9.01. The van der Waals surface area contributed by atoms with E-state index in [1.165, 1.54) is 0 Å². The highest BCUT2D eigenvalue weighted by atomic mass is 16.5. The van der Waals surface area contributed by atoms with E-state index in [0.29, 0.717) is 36.2 Å². The molecule has 1 saturated heterocycles. The summed E-state index contributed by atoms with van der Waals surface area (Å²) in [5, 5.41) is 13.8. The van der Waals surface area contributed by atoms with Crippen LogP contribution in [0.15, 0.2) is 18.2 Å². The first kappa shape index (κ1) is 17.9. The van der Waals surface area contributed by atoms with Crippen LogP contribution in [0.3, 0.4) is 0 Å². The number of carbonyl (C=O) groups is 1. The Bertz CT molecular complexity index is 636. The number of benzene rings is 1. The largest absolute Gasteiger partial charge is 0.493 e. The van der Waals surface area contributed by atoms with Crippen molar-refractivity contribution in [3.63, 3.8) is 0 Å². The lowest BCUT2D eigenvalue weighted by Gasteiger charge is -2.40. The van der Waals surface area contributed by atoms with Crippen LogP contribution in [0.5, 0.6) is 11.5 Å². The molecule has 0 aromatic heterocycles. The molecule has 6 nitrogen and oxygen atoms in total. The van der Waals surface area contributed by atoms with E-state index in [1.807, 2.05) is 11.8 Å². The minimum absolute atomic E-state index is 0.125. The van der Waals surface area contributed by atoms with E-state index in [2.05, 4.69) is 5.32 Å². The summed E-state index contributed by atoms with van der Waals surface area (Å²) >= 11 is 0. The molecule has 0 spiro atoms. The Labute approximate surface area is 149 Å². The average molecular weight is 348 g/mol. The molecule has 25 heavy (non-hydrogen) atoms. The van der Waals surface area contributed by atoms with E-state index in [1.54, 1.807) is 32.4 Å². The fraction of sp³-hybridized carbons (Fsp3) is 0.632. The van der Waals surface area contributed by atoms with Crippen LogP contribution in [0.2, 0.25) is 0 Å². The maximum Gasteiger partial charge on any atom is 0.321 e. The quantitative estimate of drug-likeness (QED) is 0.877. The molecule has 2 N–H and O–H groups in total. The van der Waals surface area contributed by atoms with Crippen molar-refractivity contribution < 1.29 is 19.4 Å². The van der Waals surface area contributed by atoms with Crippen molar-refractivity contribution >= 4 is 11.7 Å². The van der Waals surface area contributed by atoms with Crippen LogP contribution in [0.4, 0.5) is 10.5 Å². The highest BCUT2D eigenvalue weighted by Gasteiger charge is 2.48. The fourth-order valence-corrected chi connectivity index (χ4v) is 4.35. The Morgan fingerprint density at radius 2 is 2.08 bits per heavy atom. The molecule has 3 rings (SSSR count). The summed E-state index contributed by atoms with van der Waals surface area (Å²) in [6.45, 7) is 3.37. The van der Waals surface area contributed by atoms with Gasteiger partial charge in [0, 0.05) is 30.8 Å². The molecule has 2 aliphatic rings. The second kappa shape index (κ2) is 7.12. The van der Waals surface area contributed by atoms with E-state index >= 15 is 0 Å². The SMILES string of the molecule is CC[C@@]1(O)CCC[C@@H]2CN(C(=O)Nc3ccc(OC)c(OC)c3)C[C@@H]21. The van der Waals surface area contributed by atoms with Gasteiger partial charge < -0.3 is 24.8 Å². The zero-order valence-electron chi connectivity index (χ0n) is 15.2. The van der Waals surface area contributed by atoms with Crippen molar-refractivity contribution in [2.75, 3.05) is 32.6 Å². The van der Waals surface area contributed by atoms with Crippen LogP contribution < -0.4 is 14.8 Å². The van der Waals surface area contributed by atoms with E-state index < -0.39 is 5.60 Å². The van der Waals surface area contributed by atoms with E-state index in [0.717, 1.165) is 25.7 Å². The van der Waals surface area contributed by atoms with E-state index in [-0.39, 0.29) is 11.9 Å². The van der Waals surface area contributed by atoms with Gasteiger partial charge in [-0.05, 0) is 37.3 Å². The molecule has 1 aliphatic carbocycles. The zero-order chi connectivity index (χ0) is 18.0. The maximum absolute atomic E-state index is 12.7. The van der Waals surface area contributed by atoms with Gasteiger partial charge in [0.2, 0.25) is 0 Å². The van der Waals surface area contributed by atoms with Gasteiger partial charge >= 0.3 is 6.03 Å². The van der Waals surface area contributed by atoms with Crippen LogP contribution in [0.1, 0.15) is 32.6 Å². The molecule has 0 radical (unpaired) electrons. The number of aliphatic hydroxyl groups is 1. The molecule has 3 atom stereocenters. The molecule has 0 bridgehead atoms. The number of fused-ring (bicyclic) bond motifs is 1. The van der Waals surface area contributed by atoms with Gasteiger partial charge in [0.15, 0.2) is 11.5 Å². The summed E-state index contributed by atoms with van der Waals surface area (Å²) in [6.07, 6.45) is 3.72. The number of rotatable bonds is 4. The highest BCUT2D eigenvalue weighted by Crippen LogP contribution is 2.44. The number of nitrogens with one attached hydrogen (secondary N) is 1. The minimum atomic E-state index is -0.624.